The van der Waals surface area contributed by atoms with Gasteiger partial charge in [-0.3, -0.25) is 11.3 Å². The van der Waals surface area contributed by atoms with E-state index in [0.717, 1.165) is 4.88 Å². The lowest BCUT2D eigenvalue weighted by molar-refractivity contribution is -0.0496. The summed E-state index contributed by atoms with van der Waals surface area (Å²) in [5.74, 6) is 3.29. The van der Waals surface area contributed by atoms with Crippen LogP contribution < -0.4 is 11.3 Å². The quantitative estimate of drug-likeness (QED) is 0.635. The van der Waals surface area contributed by atoms with Crippen LogP contribution in [0.3, 0.4) is 0 Å². The van der Waals surface area contributed by atoms with E-state index in [9.17, 15) is 8.78 Å². The molecule has 1 aromatic heterocycles. The van der Waals surface area contributed by atoms with Gasteiger partial charge in [0.25, 0.3) is 0 Å². The topological polar surface area (TPSA) is 38.0 Å². The molecule has 0 amide bonds. The van der Waals surface area contributed by atoms with Crippen molar-refractivity contribution in [2.45, 2.75) is 37.6 Å². The Hall–Kier alpha value is -0.520. The molecule has 0 spiro atoms. The van der Waals surface area contributed by atoms with Crippen molar-refractivity contribution in [2.24, 2.45) is 11.8 Å². The molecule has 3 N–H and O–H groups in total. The summed E-state index contributed by atoms with van der Waals surface area (Å²) >= 11 is 1.62. The Labute approximate surface area is 97.8 Å². The third-order valence-corrected chi connectivity index (χ3v) is 4.22. The average Bonchev–Trinajstić information content (AvgIpc) is 2.75. The van der Waals surface area contributed by atoms with E-state index in [0.29, 0.717) is 12.8 Å². The van der Waals surface area contributed by atoms with Gasteiger partial charge in [0.05, 0.1) is 6.04 Å². The van der Waals surface area contributed by atoms with E-state index >= 15 is 0 Å². The molecule has 16 heavy (non-hydrogen) atoms. The van der Waals surface area contributed by atoms with E-state index in [2.05, 4.69) is 5.43 Å². The van der Waals surface area contributed by atoms with Crippen molar-refractivity contribution in [2.75, 3.05) is 0 Å². The van der Waals surface area contributed by atoms with Gasteiger partial charge in [-0.25, -0.2) is 8.78 Å². The van der Waals surface area contributed by atoms with Crippen LogP contribution in [0.5, 0.6) is 0 Å². The van der Waals surface area contributed by atoms with Gasteiger partial charge in [-0.05, 0) is 30.2 Å². The minimum Gasteiger partial charge on any atom is -0.271 e. The van der Waals surface area contributed by atoms with E-state index in [1.165, 1.54) is 0 Å². The minimum atomic E-state index is -2.47. The summed E-state index contributed by atoms with van der Waals surface area (Å²) in [5, 5.41) is 1.98. The predicted molar refractivity (Wildman–Crippen MR) is 61.3 cm³/mol. The Morgan fingerprint density at radius 1 is 1.44 bits per heavy atom. The fourth-order valence-corrected chi connectivity index (χ4v) is 3.19. The molecule has 0 aromatic carbocycles. The highest BCUT2D eigenvalue weighted by Crippen LogP contribution is 2.41. The SMILES string of the molecule is NNC(c1cccs1)C1CCC(F)(F)CC1. The summed E-state index contributed by atoms with van der Waals surface area (Å²) < 4.78 is 26.1. The van der Waals surface area contributed by atoms with E-state index in [1.54, 1.807) is 11.3 Å². The highest BCUT2D eigenvalue weighted by Gasteiger charge is 2.37. The van der Waals surface area contributed by atoms with Gasteiger partial charge in [-0.15, -0.1) is 11.3 Å². The van der Waals surface area contributed by atoms with Crippen molar-refractivity contribution in [3.05, 3.63) is 22.4 Å². The van der Waals surface area contributed by atoms with E-state index in [4.69, 9.17) is 5.84 Å². The van der Waals surface area contributed by atoms with Gasteiger partial charge in [-0.1, -0.05) is 6.07 Å². The second-order valence-corrected chi connectivity index (χ2v) is 5.33. The molecule has 0 radical (unpaired) electrons. The highest BCUT2D eigenvalue weighted by molar-refractivity contribution is 7.10. The molecule has 1 aliphatic rings. The van der Waals surface area contributed by atoms with Gasteiger partial charge in [0.2, 0.25) is 5.92 Å². The second kappa shape index (κ2) is 4.77. The summed E-state index contributed by atoms with van der Waals surface area (Å²) in [6.07, 6.45) is 1.06. The smallest absolute Gasteiger partial charge is 0.248 e. The molecule has 1 fully saturated rings. The third-order valence-electron chi connectivity index (χ3n) is 3.26. The Morgan fingerprint density at radius 3 is 2.62 bits per heavy atom. The predicted octanol–water partition coefficient (Wildman–Crippen LogP) is 3.08. The van der Waals surface area contributed by atoms with Gasteiger partial charge < -0.3 is 0 Å². The number of hydrogen-bond donors (Lipinski definition) is 2. The summed E-state index contributed by atoms with van der Waals surface area (Å²) in [7, 11) is 0. The molecule has 1 aliphatic carbocycles. The molecule has 0 bridgehead atoms. The largest absolute Gasteiger partial charge is 0.271 e. The van der Waals surface area contributed by atoms with Gasteiger partial charge in [0.1, 0.15) is 0 Å². The average molecular weight is 246 g/mol. The molecular weight excluding hydrogens is 230 g/mol. The Balaban J connectivity index is 2.02. The van der Waals surface area contributed by atoms with Crippen LogP contribution in [-0.4, -0.2) is 5.92 Å². The zero-order chi connectivity index (χ0) is 11.6. The molecule has 1 heterocycles. The van der Waals surface area contributed by atoms with Gasteiger partial charge in [0, 0.05) is 17.7 Å². The third kappa shape index (κ3) is 2.59. The molecule has 2 rings (SSSR count). The van der Waals surface area contributed by atoms with E-state index in [1.807, 2.05) is 17.5 Å². The Morgan fingerprint density at radius 2 is 2.12 bits per heavy atom. The Bertz CT molecular complexity index is 317. The number of nitrogens with two attached hydrogens (primary N) is 1. The summed E-state index contributed by atoms with van der Waals surface area (Å²) in [5.41, 5.74) is 2.77. The summed E-state index contributed by atoms with van der Waals surface area (Å²) in [4.78, 5) is 1.14. The second-order valence-electron chi connectivity index (χ2n) is 4.35. The number of hydrazine groups is 1. The van der Waals surface area contributed by atoms with Crippen LogP contribution in [0.1, 0.15) is 36.6 Å². The van der Waals surface area contributed by atoms with Crippen LogP contribution in [0, 0.1) is 5.92 Å². The number of halogens is 2. The molecule has 0 saturated heterocycles. The molecular formula is C11H16F2N2S. The number of alkyl halides is 2. The van der Waals surface area contributed by atoms with Crippen molar-refractivity contribution in [3.8, 4) is 0 Å². The molecule has 1 saturated carbocycles. The lowest BCUT2D eigenvalue weighted by Gasteiger charge is -2.32. The monoisotopic (exact) mass is 246 g/mol. The first-order valence-electron chi connectivity index (χ1n) is 5.50. The first-order valence-corrected chi connectivity index (χ1v) is 6.38. The van der Waals surface area contributed by atoms with Crippen LogP contribution in [-0.2, 0) is 0 Å². The zero-order valence-electron chi connectivity index (χ0n) is 8.96. The van der Waals surface area contributed by atoms with Crippen molar-refractivity contribution < 1.29 is 8.78 Å². The fraction of sp³-hybridized carbons (Fsp3) is 0.636. The van der Waals surface area contributed by atoms with Crippen molar-refractivity contribution >= 4 is 11.3 Å². The van der Waals surface area contributed by atoms with Crippen LogP contribution in [0.2, 0.25) is 0 Å². The lowest BCUT2D eigenvalue weighted by Crippen LogP contribution is -2.36. The molecule has 2 nitrogen and oxygen atoms in total. The first kappa shape index (κ1) is 12.0. The van der Waals surface area contributed by atoms with Crippen molar-refractivity contribution in [1.29, 1.82) is 0 Å². The van der Waals surface area contributed by atoms with Crippen LogP contribution >= 0.6 is 11.3 Å². The first-order chi connectivity index (χ1) is 7.62. The van der Waals surface area contributed by atoms with Gasteiger partial charge >= 0.3 is 0 Å². The minimum absolute atomic E-state index is 0.0127. The lowest BCUT2D eigenvalue weighted by atomic mass is 9.82. The van der Waals surface area contributed by atoms with Crippen LogP contribution in [0.25, 0.3) is 0 Å². The number of nitrogens with one attached hydrogen (secondary N) is 1. The summed E-state index contributed by atoms with van der Waals surface area (Å²) in [6, 6.07) is 3.99. The van der Waals surface area contributed by atoms with E-state index < -0.39 is 5.92 Å². The molecule has 90 valence electrons. The summed E-state index contributed by atoms with van der Waals surface area (Å²) in [6.45, 7) is 0. The van der Waals surface area contributed by atoms with E-state index in [-0.39, 0.29) is 24.8 Å². The van der Waals surface area contributed by atoms with Gasteiger partial charge in [-0.2, -0.15) is 0 Å². The van der Waals surface area contributed by atoms with Crippen molar-refractivity contribution in [1.82, 2.24) is 5.43 Å². The highest BCUT2D eigenvalue weighted by atomic mass is 32.1. The number of hydrogen-bond acceptors (Lipinski definition) is 3. The molecule has 1 unspecified atom stereocenters. The molecule has 1 aromatic rings. The van der Waals surface area contributed by atoms with Crippen LogP contribution in [0.15, 0.2) is 17.5 Å². The normalized spacial score (nSPS) is 23.2. The Kier molecular flexibility index (Phi) is 3.56. The van der Waals surface area contributed by atoms with Crippen LogP contribution in [0.4, 0.5) is 8.78 Å². The van der Waals surface area contributed by atoms with Crippen molar-refractivity contribution in [3.63, 3.8) is 0 Å². The molecule has 5 heteroatoms. The zero-order valence-corrected chi connectivity index (χ0v) is 9.77. The maximum absolute atomic E-state index is 13.0. The fourth-order valence-electron chi connectivity index (χ4n) is 2.31. The maximum Gasteiger partial charge on any atom is 0.248 e. The molecule has 0 aliphatic heterocycles. The number of rotatable bonds is 3. The standard InChI is InChI=1S/C11H16F2N2S/c12-11(13)5-3-8(4-6-11)10(15-14)9-2-1-7-16-9/h1-2,7-8,10,15H,3-6,14H2. The molecule has 1 atom stereocenters. The maximum atomic E-state index is 13.0. The number of thiophene rings is 1. The van der Waals surface area contributed by atoms with Gasteiger partial charge in [0.15, 0.2) is 0 Å².